The van der Waals surface area contributed by atoms with Gasteiger partial charge in [-0.25, -0.2) is 0 Å². The number of hydrogen-bond acceptors (Lipinski definition) is 2. The van der Waals surface area contributed by atoms with Gasteiger partial charge < -0.3 is 9.84 Å². The Morgan fingerprint density at radius 3 is 2.67 bits per heavy atom. The fraction of sp³-hybridized carbons (Fsp3) is 0.500. The van der Waals surface area contributed by atoms with Crippen LogP contribution in [0, 0.1) is 12.3 Å². The molecule has 2 heteroatoms. The predicted molar refractivity (Wildman–Crippen MR) is 72.1 cm³/mol. The summed E-state index contributed by atoms with van der Waals surface area (Å²) in [7, 11) is 0. The lowest BCUT2D eigenvalue weighted by molar-refractivity contribution is -0.0950. The lowest BCUT2D eigenvalue weighted by Crippen LogP contribution is -2.35. The summed E-state index contributed by atoms with van der Waals surface area (Å²) in [6.07, 6.45) is 9.13. The maximum Gasteiger partial charge on any atom is 0.0712 e. The largest absolute Gasteiger partial charge is 0.393 e. The van der Waals surface area contributed by atoms with Crippen LogP contribution in [0.3, 0.4) is 0 Å². The lowest BCUT2D eigenvalue weighted by atomic mass is 9.95. The zero-order chi connectivity index (χ0) is 12.8. The van der Waals surface area contributed by atoms with Gasteiger partial charge in [-0.15, -0.1) is 12.3 Å². The number of ether oxygens (including phenoxy) is 1. The SMILES string of the molecule is C#CC[C@@H]1C[C@H](O)C[C@H](CCc2ccccc2)O1. The molecule has 1 aromatic carbocycles. The van der Waals surface area contributed by atoms with Gasteiger partial charge in [0.2, 0.25) is 0 Å². The molecule has 0 spiro atoms. The van der Waals surface area contributed by atoms with Crippen LogP contribution in [-0.4, -0.2) is 23.4 Å². The fourth-order valence-corrected chi connectivity index (χ4v) is 2.51. The van der Waals surface area contributed by atoms with Crippen molar-refractivity contribution in [2.75, 3.05) is 0 Å². The summed E-state index contributed by atoms with van der Waals surface area (Å²) in [6.45, 7) is 0. The van der Waals surface area contributed by atoms with E-state index in [0.29, 0.717) is 12.8 Å². The van der Waals surface area contributed by atoms with Crippen molar-refractivity contribution in [3.8, 4) is 12.3 Å². The van der Waals surface area contributed by atoms with E-state index in [2.05, 4.69) is 18.1 Å². The molecule has 0 aromatic heterocycles. The zero-order valence-corrected chi connectivity index (χ0v) is 10.6. The van der Waals surface area contributed by atoms with Gasteiger partial charge in [-0.3, -0.25) is 0 Å². The maximum atomic E-state index is 9.83. The molecule has 96 valence electrons. The highest BCUT2D eigenvalue weighted by molar-refractivity contribution is 5.14. The summed E-state index contributed by atoms with van der Waals surface area (Å²) in [5.41, 5.74) is 1.31. The van der Waals surface area contributed by atoms with Gasteiger partial charge in [-0.1, -0.05) is 30.3 Å². The first kappa shape index (κ1) is 13.1. The van der Waals surface area contributed by atoms with Gasteiger partial charge in [0.05, 0.1) is 18.3 Å². The molecule has 0 bridgehead atoms. The van der Waals surface area contributed by atoms with E-state index in [1.165, 1.54) is 5.56 Å². The van der Waals surface area contributed by atoms with Crippen LogP contribution < -0.4 is 0 Å². The van der Waals surface area contributed by atoms with E-state index in [0.717, 1.165) is 19.3 Å². The normalized spacial score (nSPS) is 27.7. The summed E-state index contributed by atoms with van der Waals surface area (Å²) in [6, 6.07) is 10.4. The number of aliphatic hydroxyl groups is 1. The van der Waals surface area contributed by atoms with Gasteiger partial charge in [0.1, 0.15) is 0 Å². The third kappa shape index (κ3) is 3.87. The van der Waals surface area contributed by atoms with Crippen LogP contribution in [-0.2, 0) is 11.2 Å². The van der Waals surface area contributed by atoms with Crippen LogP contribution in [0.25, 0.3) is 0 Å². The van der Waals surface area contributed by atoms with Crippen molar-refractivity contribution in [3.63, 3.8) is 0 Å². The summed E-state index contributed by atoms with van der Waals surface area (Å²) in [4.78, 5) is 0. The Hall–Kier alpha value is -1.30. The molecule has 1 aliphatic rings. The second-order valence-corrected chi connectivity index (χ2v) is 4.94. The average molecular weight is 244 g/mol. The van der Waals surface area contributed by atoms with E-state index in [9.17, 15) is 5.11 Å². The molecule has 18 heavy (non-hydrogen) atoms. The molecule has 1 heterocycles. The topological polar surface area (TPSA) is 29.5 Å². The monoisotopic (exact) mass is 244 g/mol. The first-order valence-corrected chi connectivity index (χ1v) is 6.59. The molecular weight excluding hydrogens is 224 g/mol. The first-order chi connectivity index (χ1) is 8.78. The summed E-state index contributed by atoms with van der Waals surface area (Å²) in [5, 5.41) is 9.83. The van der Waals surface area contributed by atoms with Gasteiger partial charge in [-0.2, -0.15) is 0 Å². The third-order valence-electron chi connectivity index (χ3n) is 3.40. The molecule has 1 fully saturated rings. The smallest absolute Gasteiger partial charge is 0.0712 e. The molecule has 0 aliphatic carbocycles. The minimum Gasteiger partial charge on any atom is -0.393 e. The van der Waals surface area contributed by atoms with E-state index in [-0.39, 0.29) is 18.3 Å². The standard InChI is InChI=1S/C16H20O2/c1-2-6-15-11-14(17)12-16(18-15)10-9-13-7-4-3-5-8-13/h1,3-5,7-8,14-17H,6,9-12H2/t14-,15+,16-/m0/s1. The lowest BCUT2D eigenvalue weighted by Gasteiger charge is -2.32. The van der Waals surface area contributed by atoms with E-state index in [4.69, 9.17) is 11.2 Å². The molecule has 0 amide bonds. The molecule has 3 atom stereocenters. The third-order valence-corrected chi connectivity index (χ3v) is 3.40. The molecule has 1 saturated heterocycles. The average Bonchev–Trinajstić information content (AvgIpc) is 2.37. The molecule has 0 saturated carbocycles. The van der Waals surface area contributed by atoms with Gasteiger partial charge in [0.25, 0.3) is 0 Å². The van der Waals surface area contributed by atoms with Gasteiger partial charge in [-0.05, 0) is 24.8 Å². The molecule has 2 rings (SSSR count). The van der Waals surface area contributed by atoms with Crippen LogP contribution in [0.15, 0.2) is 30.3 Å². The van der Waals surface area contributed by atoms with Crippen LogP contribution in [0.4, 0.5) is 0 Å². The Morgan fingerprint density at radius 1 is 1.22 bits per heavy atom. The van der Waals surface area contributed by atoms with Crippen molar-refractivity contribution >= 4 is 0 Å². The van der Waals surface area contributed by atoms with Crippen molar-refractivity contribution in [2.45, 2.75) is 50.4 Å². The number of benzene rings is 1. The molecule has 0 radical (unpaired) electrons. The Labute approximate surface area is 109 Å². The van der Waals surface area contributed by atoms with E-state index < -0.39 is 0 Å². The van der Waals surface area contributed by atoms with E-state index in [1.807, 2.05) is 18.2 Å². The van der Waals surface area contributed by atoms with Crippen molar-refractivity contribution in [1.82, 2.24) is 0 Å². The Kier molecular flexibility index (Phi) is 4.81. The van der Waals surface area contributed by atoms with E-state index in [1.54, 1.807) is 0 Å². The van der Waals surface area contributed by atoms with E-state index >= 15 is 0 Å². The molecule has 1 aromatic rings. The number of rotatable bonds is 4. The zero-order valence-electron chi connectivity index (χ0n) is 10.6. The van der Waals surface area contributed by atoms with Crippen LogP contribution >= 0.6 is 0 Å². The quantitative estimate of drug-likeness (QED) is 0.825. The Bertz CT molecular complexity index is 393. The van der Waals surface area contributed by atoms with Crippen LogP contribution in [0.1, 0.15) is 31.2 Å². The van der Waals surface area contributed by atoms with Gasteiger partial charge in [0.15, 0.2) is 0 Å². The van der Waals surface area contributed by atoms with Crippen molar-refractivity contribution in [3.05, 3.63) is 35.9 Å². The van der Waals surface area contributed by atoms with Crippen LogP contribution in [0.2, 0.25) is 0 Å². The van der Waals surface area contributed by atoms with Crippen LogP contribution in [0.5, 0.6) is 0 Å². The second kappa shape index (κ2) is 6.58. The summed E-state index contributed by atoms with van der Waals surface area (Å²) < 4.78 is 5.92. The van der Waals surface area contributed by atoms with Crippen molar-refractivity contribution in [2.24, 2.45) is 0 Å². The molecular formula is C16H20O2. The van der Waals surface area contributed by atoms with Crippen molar-refractivity contribution < 1.29 is 9.84 Å². The minimum absolute atomic E-state index is 0.0273. The highest BCUT2D eigenvalue weighted by Gasteiger charge is 2.27. The molecule has 1 N–H and O–H groups in total. The number of hydrogen-bond donors (Lipinski definition) is 1. The highest BCUT2D eigenvalue weighted by Crippen LogP contribution is 2.24. The minimum atomic E-state index is -0.266. The highest BCUT2D eigenvalue weighted by atomic mass is 16.5. The number of aliphatic hydroxyl groups excluding tert-OH is 1. The first-order valence-electron chi connectivity index (χ1n) is 6.59. The Morgan fingerprint density at radius 2 is 1.94 bits per heavy atom. The predicted octanol–water partition coefficient (Wildman–Crippen LogP) is 2.55. The molecule has 2 nitrogen and oxygen atoms in total. The van der Waals surface area contributed by atoms with Gasteiger partial charge in [0, 0.05) is 12.8 Å². The Balaban J connectivity index is 1.83. The number of terminal acetylenes is 1. The summed E-state index contributed by atoms with van der Waals surface area (Å²) in [5.74, 6) is 2.62. The fourth-order valence-electron chi connectivity index (χ4n) is 2.51. The number of aryl methyl sites for hydroxylation is 1. The molecule has 0 unspecified atom stereocenters. The summed E-state index contributed by atoms with van der Waals surface area (Å²) >= 11 is 0. The van der Waals surface area contributed by atoms with Crippen molar-refractivity contribution in [1.29, 1.82) is 0 Å². The maximum absolute atomic E-state index is 9.83. The van der Waals surface area contributed by atoms with Gasteiger partial charge >= 0.3 is 0 Å². The molecule has 1 aliphatic heterocycles. The second-order valence-electron chi connectivity index (χ2n) is 4.94.